The van der Waals surface area contributed by atoms with Crippen LogP contribution in [-0.4, -0.2) is 61.5 Å². The van der Waals surface area contributed by atoms with Crippen molar-refractivity contribution in [3.8, 4) is 11.5 Å². The van der Waals surface area contributed by atoms with Crippen molar-refractivity contribution in [3.05, 3.63) is 64.2 Å². The Kier molecular flexibility index (Phi) is 7.27. The number of benzene rings is 2. The summed E-state index contributed by atoms with van der Waals surface area (Å²) in [7, 11) is 1.47. The number of hydrogen-bond acceptors (Lipinski definition) is 7. The number of nitro benzene ring substituents is 1. The molecule has 168 valence electrons. The number of nitrogens with zero attached hydrogens (tertiary/aromatic N) is 3. The first-order valence-electron chi connectivity index (χ1n) is 9.93. The molecule has 1 aliphatic rings. The highest BCUT2D eigenvalue weighted by Crippen LogP contribution is 2.29. The van der Waals surface area contributed by atoms with Crippen LogP contribution in [0.3, 0.4) is 0 Å². The number of nitrogens with two attached hydrogens (primary N) is 1. The lowest BCUT2D eigenvalue weighted by Gasteiger charge is -2.35. The van der Waals surface area contributed by atoms with E-state index in [-0.39, 0.29) is 18.2 Å². The van der Waals surface area contributed by atoms with E-state index in [9.17, 15) is 19.7 Å². The van der Waals surface area contributed by atoms with Crippen molar-refractivity contribution < 1.29 is 24.0 Å². The Balaban J connectivity index is 1.60. The zero-order valence-corrected chi connectivity index (χ0v) is 17.6. The minimum Gasteiger partial charge on any atom is -0.493 e. The summed E-state index contributed by atoms with van der Waals surface area (Å²) in [4.78, 5) is 38.0. The molecule has 10 heteroatoms. The predicted molar refractivity (Wildman–Crippen MR) is 119 cm³/mol. The van der Waals surface area contributed by atoms with Crippen LogP contribution in [0.15, 0.2) is 48.5 Å². The monoisotopic (exact) mass is 440 g/mol. The van der Waals surface area contributed by atoms with E-state index in [4.69, 9.17) is 15.2 Å². The first kappa shape index (κ1) is 22.6. The average molecular weight is 440 g/mol. The van der Waals surface area contributed by atoms with Crippen molar-refractivity contribution in [1.29, 1.82) is 0 Å². The maximum atomic E-state index is 12.6. The zero-order chi connectivity index (χ0) is 23.1. The molecular formula is C22H24N4O6. The third-order valence-electron chi connectivity index (χ3n) is 4.99. The van der Waals surface area contributed by atoms with Gasteiger partial charge in [-0.2, -0.15) is 0 Å². The zero-order valence-electron chi connectivity index (χ0n) is 17.6. The number of rotatable bonds is 8. The molecule has 2 amide bonds. The molecule has 1 heterocycles. The second-order valence-electron chi connectivity index (χ2n) is 7.06. The van der Waals surface area contributed by atoms with Crippen molar-refractivity contribution in [3.63, 3.8) is 0 Å². The quantitative estimate of drug-likeness (QED) is 0.377. The Morgan fingerprint density at radius 1 is 1.12 bits per heavy atom. The topological polar surface area (TPSA) is 128 Å². The molecule has 1 aliphatic heterocycles. The molecule has 0 bridgehead atoms. The molecule has 0 aromatic heterocycles. The summed E-state index contributed by atoms with van der Waals surface area (Å²) in [5, 5.41) is 11.3. The fourth-order valence-corrected chi connectivity index (χ4v) is 3.38. The maximum Gasteiger partial charge on any atom is 0.292 e. The van der Waals surface area contributed by atoms with Crippen LogP contribution in [0.5, 0.6) is 11.5 Å². The maximum absolute atomic E-state index is 12.6. The SMILES string of the molecule is COc1cc(/C=C/C(=O)N2CCN(c3ccccc3[N+](=O)[O-])CC2)ccc1OCC(N)=O. The van der Waals surface area contributed by atoms with Crippen LogP contribution >= 0.6 is 0 Å². The average Bonchev–Trinajstić information content (AvgIpc) is 2.81. The van der Waals surface area contributed by atoms with E-state index in [1.807, 2.05) is 4.90 Å². The summed E-state index contributed by atoms with van der Waals surface area (Å²) in [6, 6.07) is 11.7. The number of carbonyl (C=O) groups is 2. The van der Waals surface area contributed by atoms with Crippen LogP contribution in [0.2, 0.25) is 0 Å². The number of methoxy groups -OCH3 is 1. The molecule has 2 N–H and O–H groups in total. The highest BCUT2D eigenvalue weighted by molar-refractivity contribution is 5.92. The number of hydrogen-bond donors (Lipinski definition) is 1. The third-order valence-corrected chi connectivity index (χ3v) is 4.99. The smallest absolute Gasteiger partial charge is 0.292 e. The number of anilines is 1. The van der Waals surface area contributed by atoms with Gasteiger partial charge in [0.1, 0.15) is 5.69 Å². The van der Waals surface area contributed by atoms with Gasteiger partial charge >= 0.3 is 0 Å². The molecule has 0 saturated carbocycles. The van der Waals surface area contributed by atoms with E-state index in [1.165, 1.54) is 19.3 Å². The Bertz CT molecular complexity index is 1030. The number of primary amides is 1. The summed E-state index contributed by atoms with van der Waals surface area (Å²) in [5.41, 5.74) is 6.43. The molecule has 0 unspecified atom stereocenters. The van der Waals surface area contributed by atoms with Crippen LogP contribution in [0.4, 0.5) is 11.4 Å². The lowest BCUT2D eigenvalue weighted by molar-refractivity contribution is -0.384. The summed E-state index contributed by atoms with van der Waals surface area (Å²) in [6.07, 6.45) is 3.14. The van der Waals surface area contributed by atoms with Crippen LogP contribution in [-0.2, 0) is 9.59 Å². The molecule has 2 aromatic carbocycles. The third kappa shape index (κ3) is 5.54. The number of carbonyl (C=O) groups excluding carboxylic acids is 2. The second-order valence-corrected chi connectivity index (χ2v) is 7.06. The molecule has 2 aromatic rings. The highest BCUT2D eigenvalue weighted by Gasteiger charge is 2.24. The summed E-state index contributed by atoms with van der Waals surface area (Å²) < 4.78 is 10.6. The molecule has 0 spiro atoms. The Hall–Kier alpha value is -4.08. The first-order chi connectivity index (χ1) is 15.4. The number of para-hydroxylation sites is 2. The molecule has 1 saturated heterocycles. The number of amides is 2. The van der Waals surface area contributed by atoms with Crippen molar-refractivity contribution in [2.75, 3.05) is 44.8 Å². The lowest BCUT2D eigenvalue weighted by atomic mass is 10.1. The van der Waals surface area contributed by atoms with Gasteiger partial charge in [0.25, 0.3) is 11.6 Å². The van der Waals surface area contributed by atoms with Gasteiger partial charge in [-0.3, -0.25) is 19.7 Å². The summed E-state index contributed by atoms with van der Waals surface area (Å²) in [6.45, 7) is 1.66. The van der Waals surface area contributed by atoms with E-state index in [0.29, 0.717) is 43.4 Å². The van der Waals surface area contributed by atoms with Gasteiger partial charge in [-0.25, -0.2) is 0 Å². The fraction of sp³-hybridized carbons (Fsp3) is 0.273. The van der Waals surface area contributed by atoms with Gasteiger partial charge in [0.05, 0.1) is 12.0 Å². The molecule has 3 rings (SSSR count). The molecule has 1 fully saturated rings. The van der Waals surface area contributed by atoms with Crippen LogP contribution in [0.25, 0.3) is 6.08 Å². The van der Waals surface area contributed by atoms with Gasteiger partial charge < -0.3 is 25.0 Å². The molecule has 0 radical (unpaired) electrons. The van der Waals surface area contributed by atoms with Crippen LogP contribution in [0, 0.1) is 10.1 Å². The first-order valence-corrected chi connectivity index (χ1v) is 9.93. The molecule has 0 aliphatic carbocycles. The van der Waals surface area contributed by atoms with Crippen LogP contribution in [0.1, 0.15) is 5.56 Å². The standard InChI is InChI=1S/C22H24N4O6/c1-31-20-14-16(6-8-19(20)32-15-21(23)27)7-9-22(28)25-12-10-24(11-13-25)17-4-2-3-5-18(17)26(29)30/h2-9,14H,10-13,15H2,1H3,(H2,23,27)/b9-7+. The molecule has 32 heavy (non-hydrogen) atoms. The number of nitro groups is 1. The van der Waals surface area contributed by atoms with Gasteiger partial charge in [-0.1, -0.05) is 18.2 Å². The Morgan fingerprint density at radius 2 is 1.84 bits per heavy atom. The normalized spacial score (nSPS) is 13.8. The minimum atomic E-state index is -0.594. The van der Waals surface area contributed by atoms with E-state index < -0.39 is 10.8 Å². The summed E-state index contributed by atoms with van der Waals surface area (Å²) in [5.74, 6) is 0.0450. The Morgan fingerprint density at radius 3 is 2.50 bits per heavy atom. The predicted octanol–water partition coefficient (Wildman–Crippen LogP) is 1.83. The van der Waals surface area contributed by atoms with Crippen molar-refractivity contribution in [2.24, 2.45) is 5.73 Å². The molecular weight excluding hydrogens is 416 g/mol. The van der Waals surface area contributed by atoms with Crippen molar-refractivity contribution >= 4 is 29.3 Å². The highest BCUT2D eigenvalue weighted by atomic mass is 16.6. The van der Waals surface area contributed by atoms with Gasteiger partial charge in [-0.15, -0.1) is 0 Å². The fourth-order valence-electron chi connectivity index (χ4n) is 3.38. The molecule has 10 nitrogen and oxygen atoms in total. The van der Waals surface area contributed by atoms with E-state index in [1.54, 1.807) is 47.4 Å². The lowest BCUT2D eigenvalue weighted by Crippen LogP contribution is -2.48. The largest absolute Gasteiger partial charge is 0.493 e. The van der Waals surface area contributed by atoms with E-state index in [0.717, 1.165) is 5.56 Å². The van der Waals surface area contributed by atoms with Crippen LogP contribution < -0.4 is 20.1 Å². The van der Waals surface area contributed by atoms with Gasteiger partial charge in [0.15, 0.2) is 18.1 Å². The Labute approximate surface area is 185 Å². The van der Waals surface area contributed by atoms with E-state index in [2.05, 4.69) is 0 Å². The van der Waals surface area contributed by atoms with Gasteiger partial charge in [0.2, 0.25) is 5.91 Å². The van der Waals surface area contributed by atoms with Gasteiger partial charge in [0, 0.05) is 38.3 Å². The van der Waals surface area contributed by atoms with Gasteiger partial charge in [-0.05, 0) is 29.8 Å². The van der Waals surface area contributed by atoms with E-state index >= 15 is 0 Å². The van der Waals surface area contributed by atoms with Crippen molar-refractivity contribution in [2.45, 2.75) is 0 Å². The van der Waals surface area contributed by atoms with Crippen molar-refractivity contribution in [1.82, 2.24) is 4.90 Å². The minimum absolute atomic E-state index is 0.0596. The number of piperazine rings is 1. The molecule has 0 atom stereocenters. The second kappa shape index (κ2) is 10.3. The summed E-state index contributed by atoms with van der Waals surface area (Å²) >= 11 is 0. The number of ether oxygens (including phenoxy) is 2.